The fraction of sp³-hybridized carbons (Fsp3) is 0.500. The highest BCUT2D eigenvalue weighted by atomic mass is 35.5. The van der Waals surface area contributed by atoms with Gasteiger partial charge in [-0.2, -0.15) is 0 Å². The van der Waals surface area contributed by atoms with E-state index in [9.17, 15) is 4.79 Å². The summed E-state index contributed by atoms with van der Waals surface area (Å²) in [5, 5.41) is 0.563. The van der Waals surface area contributed by atoms with E-state index < -0.39 is 0 Å². The number of carbonyl (C=O) groups excluding carboxylic acids is 1. The molecule has 1 aromatic rings. The number of hydrogen-bond donors (Lipinski definition) is 0. The molecule has 0 N–H and O–H groups in total. The van der Waals surface area contributed by atoms with Crippen molar-refractivity contribution in [3.63, 3.8) is 0 Å². The molecular formula is C14H18ClNO. The van der Waals surface area contributed by atoms with Crippen LogP contribution in [-0.2, 0) is 0 Å². The maximum absolute atomic E-state index is 12.3. The minimum atomic E-state index is 0.0709. The summed E-state index contributed by atoms with van der Waals surface area (Å²) >= 11 is 6.13. The van der Waals surface area contributed by atoms with Gasteiger partial charge in [0.25, 0.3) is 5.91 Å². The minimum absolute atomic E-state index is 0.0709. The average molecular weight is 252 g/mol. The Bertz CT molecular complexity index is 430. The van der Waals surface area contributed by atoms with Gasteiger partial charge < -0.3 is 4.90 Å². The maximum atomic E-state index is 12.3. The third kappa shape index (κ3) is 2.81. The van der Waals surface area contributed by atoms with Gasteiger partial charge in [-0.3, -0.25) is 4.79 Å². The second kappa shape index (κ2) is 5.09. The Morgan fingerprint density at radius 2 is 2.24 bits per heavy atom. The second-order valence-corrected chi connectivity index (χ2v) is 5.39. The highest BCUT2D eigenvalue weighted by Crippen LogP contribution is 2.22. The van der Waals surface area contributed by atoms with Crippen LogP contribution < -0.4 is 0 Å². The molecule has 1 fully saturated rings. The van der Waals surface area contributed by atoms with E-state index in [0.717, 1.165) is 25.1 Å². The number of aryl methyl sites for hydroxylation is 1. The lowest BCUT2D eigenvalue weighted by Gasteiger charge is -2.31. The van der Waals surface area contributed by atoms with Crippen molar-refractivity contribution >= 4 is 17.5 Å². The molecule has 1 saturated heterocycles. The van der Waals surface area contributed by atoms with Crippen molar-refractivity contribution in [3.8, 4) is 0 Å². The summed E-state index contributed by atoms with van der Waals surface area (Å²) in [5.74, 6) is 0.665. The van der Waals surface area contributed by atoms with Gasteiger partial charge in [0.15, 0.2) is 0 Å². The van der Waals surface area contributed by atoms with Crippen LogP contribution in [0.2, 0.25) is 5.02 Å². The first-order valence-corrected chi connectivity index (χ1v) is 6.51. The predicted octanol–water partition coefficient (Wildman–Crippen LogP) is 3.52. The lowest BCUT2D eigenvalue weighted by Crippen LogP contribution is -2.39. The van der Waals surface area contributed by atoms with E-state index in [-0.39, 0.29) is 5.91 Å². The second-order valence-electron chi connectivity index (χ2n) is 4.98. The van der Waals surface area contributed by atoms with Crippen LogP contribution in [0.25, 0.3) is 0 Å². The van der Waals surface area contributed by atoms with Crippen LogP contribution >= 0.6 is 11.6 Å². The summed E-state index contributed by atoms with van der Waals surface area (Å²) in [6.07, 6.45) is 2.31. The fourth-order valence-corrected chi connectivity index (χ4v) is 2.65. The molecule has 1 aliphatic heterocycles. The van der Waals surface area contributed by atoms with Crippen molar-refractivity contribution in [2.75, 3.05) is 13.1 Å². The highest BCUT2D eigenvalue weighted by molar-refractivity contribution is 6.33. The zero-order chi connectivity index (χ0) is 12.4. The molecule has 0 radical (unpaired) electrons. The molecule has 17 heavy (non-hydrogen) atoms. The predicted molar refractivity (Wildman–Crippen MR) is 70.5 cm³/mol. The van der Waals surface area contributed by atoms with Gasteiger partial charge in [-0.25, -0.2) is 0 Å². The lowest BCUT2D eigenvalue weighted by atomic mass is 9.99. The van der Waals surface area contributed by atoms with Crippen LogP contribution in [0.5, 0.6) is 0 Å². The molecule has 0 aromatic heterocycles. The van der Waals surface area contributed by atoms with E-state index in [2.05, 4.69) is 6.92 Å². The van der Waals surface area contributed by atoms with Crippen LogP contribution in [0.4, 0.5) is 0 Å². The van der Waals surface area contributed by atoms with Crippen LogP contribution in [0.15, 0.2) is 18.2 Å². The van der Waals surface area contributed by atoms with Gasteiger partial charge in [0.2, 0.25) is 0 Å². The summed E-state index contributed by atoms with van der Waals surface area (Å²) < 4.78 is 0. The van der Waals surface area contributed by atoms with Crippen molar-refractivity contribution in [2.24, 2.45) is 5.92 Å². The number of halogens is 1. The molecule has 0 saturated carbocycles. The third-order valence-electron chi connectivity index (χ3n) is 3.30. The van der Waals surface area contributed by atoms with Gasteiger partial charge in [0.1, 0.15) is 0 Å². The first kappa shape index (κ1) is 12.4. The Balaban J connectivity index is 2.18. The van der Waals surface area contributed by atoms with E-state index in [1.54, 1.807) is 0 Å². The number of carbonyl (C=O) groups is 1. The van der Waals surface area contributed by atoms with E-state index >= 15 is 0 Å². The zero-order valence-electron chi connectivity index (χ0n) is 10.4. The summed E-state index contributed by atoms with van der Waals surface area (Å²) in [5.41, 5.74) is 1.71. The molecule has 0 aliphatic carbocycles. The van der Waals surface area contributed by atoms with Crippen molar-refractivity contribution in [1.29, 1.82) is 0 Å². The van der Waals surface area contributed by atoms with Crippen molar-refractivity contribution < 1.29 is 4.79 Å². The molecule has 0 spiro atoms. The van der Waals surface area contributed by atoms with Gasteiger partial charge in [0, 0.05) is 13.1 Å². The molecular weight excluding hydrogens is 234 g/mol. The van der Waals surface area contributed by atoms with Gasteiger partial charge in [-0.05, 0) is 43.4 Å². The van der Waals surface area contributed by atoms with E-state index in [0.29, 0.717) is 16.5 Å². The molecule has 2 nitrogen and oxygen atoms in total. The van der Waals surface area contributed by atoms with Crippen LogP contribution in [0, 0.1) is 12.8 Å². The van der Waals surface area contributed by atoms with E-state index in [1.807, 2.05) is 30.0 Å². The number of piperidine rings is 1. The monoisotopic (exact) mass is 251 g/mol. The third-order valence-corrected chi connectivity index (χ3v) is 3.61. The Morgan fingerprint density at radius 1 is 1.47 bits per heavy atom. The van der Waals surface area contributed by atoms with Crippen molar-refractivity contribution in [1.82, 2.24) is 4.90 Å². The molecule has 0 unspecified atom stereocenters. The first-order chi connectivity index (χ1) is 8.08. The molecule has 1 atom stereocenters. The first-order valence-electron chi connectivity index (χ1n) is 6.13. The Morgan fingerprint density at radius 3 is 2.88 bits per heavy atom. The van der Waals surface area contributed by atoms with Gasteiger partial charge in [0.05, 0.1) is 10.6 Å². The molecule has 92 valence electrons. The summed E-state index contributed by atoms with van der Waals surface area (Å²) in [4.78, 5) is 14.2. The normalized spacial score (nSPS) is 20.4. The van der Waals surface area contributed by atoms with Gasteiger partial charge in [-0.15, -0.1) is 0 Å². The molecule has 0 bridgehead atoms. The van der Waals surface area contributed by atoms with Crippen LogP contribution in [0.1, 0.15) is 35.7 Å². The number of hydrogen-bond acceptors (Lipinski definition) is 1. The Labute approximate surface area is 108 Å². The standard InChI is InChI=1S/C14H18ClNO/c1-10-5-6-12(13(15)8-10)14(17)16-7-3-4-11(2)9-16/h5-6,8,11H,3-4,7,9H2,1-2H3/t11-/m1/s1. The van der Waals surface area contributed by atoms with Gasteiger partial charge >= 0.3 is 0 Å². The quantitative estimate of drug-likeness (QED) is 0.748. The smallest absolute Gasteiger partial charge is 0.255 e. The lowest BCUT2D eigenvalue weighted by molar-refractivity contribution is 0.0683. The number of likely N-dealkylation sites (tertiary alicyclic amines) is 1. The topological polar surface area (TPSA) is 20.3 Å². The fourth-order valence-electron chi connectivity index (χ4n) is 2.34. The highest BCUT2D eigenvalue weighted by Gasteiger charge is 2.23. The van der Waals surface area contributed by atoms with Gasteiger partial charge in [-0.1, -0.05) is 24.6 Å². The molecule has 1 aromatic carbocycles. The van der Waals surface area contributed by atoms with Crippen LogP contribution in [0.3, 0.4) is 0 Å². The number of rotatable bonds is 1. The minimum Gasteiger partial charge on any atom is -0.338 e. The number of benzene rings is 1. The summed E-state index contributed by atoms with van der Waals surface area (Å²) in [7, 11) is 0. The van der Waals surface area contributed by atoms with Crippen molar-refractivity contribution in [2.45, 2.75) is 26.7 Å². The molecule has 3 heteroatoms. The van der Waals surface area contributed by atoms with Crippen LogP contribution in [-0.4, -0.2) is 23.9 Å². The molecule has 1 amide bonds. The van der Waals surface area contributed by atoms with E-state index in [1.165, 1.54) is 6.42 Å². The number of nitrogens with zero attached hydrogens (tertiary/aromatic N) is 1. The Hall–Kier alpha value is -1.02. The summed E-state index contributed by atoms with van der Waals surface area (Å²) in [6, 6.07) is 5.62. The average Bonchev–Trinajstić information content (AvgIpc) is 2.28. The largest absolute Gasteiger partial charge is 0.338 e. The summed E-state index contributed by atoms with van der Waals surface area (Å²) in [6.45, 7) is 5.87. The molecule has 1 aliphatic rings. The molecule has 2 rings (SSSR count). The van der Waals surface area contributed by atoms with Crippen molar-refractivity contribution in [3.05, 3.63) is 34.3 Å². The SMILES string of the molecule is Cc1ccc(C(=O)N2CCC[C@@H](C)C2)c(Cl)c1. The Kier molecular flexibility index (Phi) is 3.72. The molecule has 1 heterocycles. The number of amides is 1. The maximum Gasteiger partial charge on any atom is 0.255 e. The zero-order valence-corrected chi connectivity index (χ0v) is 11.1. The van der Waals surface area contributed by atoms with E-state index in [4.69, 9.17) is 11.6 Å².